The second-order valence-electron chi connectivity index (χ2n) is 6.33. The van der Waals surface area contributed by atoms with E-state index in [2.05, 4.69) is 15.9 Å². The summed E-state index contributed by atoms with van der Waals surface area (Å²) in [4.78, 5) is 10.6. The predicted octanol–water partition coefficient (Wildman–Crippen LogP) is 6.80. The fourth-order valence-electron chi connectivity index (χ4n) is 2.71. The van der Waals surface area contributed by atoms with Crippen molar-refractivity contribution in [3.05, 3.63) is 0 Å². The fourth-order valence-corrected chi connectivity index (χ4v) is 3.11. The Balaban J connectivity index is 2.95. The van der Waals surface area contributed by atoms with Crippen LogP contribution in [0.5, 0.6) is 0 Å². The summed E-state index contributed by atoms with van der Waals surface area (Å²) in [6.07, 6.45) is 20.3. The van der Waals surface area contributed by atoms with E-state index < -0.39 is 0 Å². The van der Waals surface area contributed by atoms with Gasteiger partial charge < -0.3 is 4.74 Å². The molecule has 0 unspecified atom stereocenters. The predicted molar refractivity (Wildman–Crippen MR) is 99.7 cm³/mol. The summed E-state index contributed by atoms with van der Waals surface area (Å²) in [5, 5.41) is 1.17. The van der Waals surface area contributed by atoms with E-state index in [1.54, 1.807) is 0 Å². The number of carbonyl (C=O) groups excluding carboxylic acids is 1. The maximum Gasteiger partial charge on any atom is 0.302 e. The number of carbonyl (C=O) groups is 1. The fraction of sp³-hybridized carbons (Fsp3) is 0.947. The van der Waals surface area contributed by atoms with Crippen LogP contribution in [0, 0.1) is 0 Å². The van der Waals surface area contributed by atoms with E-state index in [4.69, 9.17) is 4.74 Å². The molecule has 132 valence electrons. The van der Waals surface area contributed by atoms with Crippen LogP contribution < -0.4 is 0 Å². The van der Waals surface area contributed by atoms with Gasteiger partial charge in [-0.05, 0) is 12.8 Å². The van der Waals surface area contributed by atoms with Crippen LogP contribution in [0.2, 0.25) is 0 Å². The van der Waals surface area contributed by atoms with Crippen LogP contribution in [-0.2, 0) is 9.53 Å². The van der Waals surface area contributed by atoms with Gasteiger partial charge in [-0.1, -0.05) is 99.4 Å². The largest absolute Gasteiger partial charge is 0.466 e. The van der Waals surface area contributed by atoms with E-state index in [0.717, 1.165) is 6.42 Å². The SMILES string of the molecule is CC(=O)OCCCCCCCCCCCCCCCCCBr. The highest BCUT2D eigenvalue weighted by Crippen LogP contribution is 2.13. The van der Waals surface area contributed by atoms with Crippen molar-refractivity contribution >= 4 is 21.9 Å². The van der Waals surface area contributed by atoms with Crippen LogP contribution >= 0.6 is 15.9 Å². The molecular formula is C19H37BrO2. The Labute approximate surface area is 146 Å². The maximum atomic E-state index is 10.6. The van der Waals surface area contributed by atoms with Gasteiger partial charge in [0.05, 0.1) is 6.61 Å². The molecule has 0 amide bonds. The van der Waals surface area contributed by atoms with Crippen molar-refractivity contribution in [2.75, 3.05) is 11.9 Å². The Morgan fingerprint density at radius 1 is 0.636 bits per heavy atom. The average Bonchev–Trinajstić information content (AvgIpc) is 2.50. The zero-order chi connectivity index (χ0) is 16.3. The van der Waals surface area contributed by atoms with Gasteiger partial charge in [-0.15, -0.1) is 0 Å². The zero-order valence-corrected chi connectivity index (χ0v) is 16.3. The quantitative estimate of drug-likeness (QED) is 0.158. The first-order valence-corrected chi connectivity index (χ1v) is 10.6. The Bertz CT molecular complexity index is 231. The molecule has 3 heteroatoms. The van der Waals surface area contributed by atoms with Crippen molar-refractivity contribution in [1.82, 2.24) is 0 Å². The van der Waals surface area contributed by atoms with Gasteiger partial charge in [0.15, 0.2) is 0 Å². The highest BCUT2D eigenvalue weighted by molar-refractivity contribution is 9.09. The average molecular weight is 377 g/mol. The van der Waals surface area contributed by atoms with Gasteiger partial charge in [-0.25, -0.2) is 0 Å². The molecule has 22 heavy (non-hydrogen) atoms. The molecule has 0 fully saturated rings. The zero-order valence-electron chi connectivity index (χ0n) is 14.7. The minimum Gasteiger partial charge on any atom is -0.466 e. The molecule has 0 atom stereocenters. The van der Waals surface area contributed by atoms with Crippen LogP contribution in [-0.4, -0.2) is 17.9 Å². The first-order valence-electron chi connectivity index (χ1n) is 9.46. The molecule has 0 aliphatic heterocycles. The van der Waals surface area contributed by atoms with E-state index >= 15 is 0 Å². The molecule has 0 aromatic heterocycles. The lowest BCUT2D eigenvalue weighted by Gasteiger charge is -2.04. The van der Waals surface area contributed by atoms with E-state index in [-0.39, 0.29) is 5.97 Å². The van der Waals surface area contributed by atoms with Crippen molar-refractivity contribution < 1.29 is 9.53 Å². The summed E-state index contributed by atoms with van der Waals surface area (Å²) in [5.74, 6) is -0.154. The molecule has 0 aromatic carbocycles. The summed E-state index contributed by atoms with van der Waals surface area (Å²) >= 11 is 3.48. The van der Waals surface area contributed by atoms with Gasteiger partial charge in [0, 0.05) is 12.3 Å². The van der Waals surface area contributed by atoms with E-state index in [0.29, 0.717) is 6.61 Å². The van der Waals surface area contributed by atoms with Crippen LogP contribution in [0.4, 0.5) is 0 Å². The first kappa shape index (κ1) is 21.9. The lowest BCUT2D eigenvalue weighted by atomic mass is 10.0. The molecule has 0 radical (unpaired) electrons. The second-order valence-corrected chi connectivity index (χ2v) is 7.13. The van der Waals surface area contributed by atoms with Gasteiger partial charge in [0.2, 0.25) is 0 Å². The summed E-state index contributed by atoms with van der Waals surface area (Å²) in [5.41, 5.74) is 0. The molecular weight excluding hydrogens is 340 g/mol. The molecule has 0 rings (SSSR count). The third kappa shape index (κ3) is 19.9. The summed E-state index contributed by atoms with van der Waals surface area (Å²) in [6.45, 7) is 2.08. The van der Waals surface area contributed by atoms with Crippen molar-refractivity contribution in [3.8, 4) is 0 Å². The standard InChI is InChI=1S/C19H37BrO2/c1-19(21)22-18-16-14-12-10-8-6-4-2-3-5-7-9-11-13-15-17-20/h2-18H2,1H3. The number of esters is 1. The highest BCUT2D eigenvalue weighted by atomic mass is 79.9. The Kier molecular flexibility index (Phi) is 19.0. The molecule has 0 bridgehead atoms. The van der Waals surface area contributed by atoms with Crippen molar-refractivity contribution in [2.45, 2.75) is 103 Å². The van der Waals surface area contributed by atoms with Crippen molar-refractivity contribution in [2.24, 2.45) is 0 Å². The van der Waals surface area contributed by atoms with E-state index in [1.807, 2.05) is 0 Å². The van der Waals surface area contributed by atoms with Crippen LogP contribution in [0.3, 0.4) is 0 Å². The van der Waals surface area contributed by atoms with Crippen LogP contribution in [0.25, 0.3) is 0 Å². The lowest BCUT2D eigenvalue weighted by molar-refractivity contribution is -0.141. The molecule has 0 heterocycles. The molecule has 2 nitrogen and oxygen atoms in total. The molecule has 0 spiro atoms. The Hall–Kier alpha value is -0.0500. The maximum absolute atomic E-state index is 10.6. The summed E-state index contributed by atoms with van der Waals surface area (Å²) in [6, 6.07) is 0. The monoisotopic (exact) mass is 376 g/mol. The van der Waals surface area contributed by atoms with Crippen LogP contribution in [0.15, 0.2) is 0 Å². The molecule has 0 aliphatic carbocycles. The smallest absolute Gasteiger partial charge is 0.302 e. The van der Waals surface area contributed by atoms with E-state index in [1.165, 1.54) is 102 Å². The van der Waals surface area contributed by atoms with Gasteiger partial charge in [0.25, 0.3) is 0 Å². The molecule has 0 saturated carbocycles. The number of rotatable bonds is 17. The number of alkyl halides is 1. The summed E-state index contributed by atoms with van der Waals surface area (Å²) < 4.78 is 4.92. The van der Waals surface area contributed by atoms with Gasteiger partial charge in [-0.3, -0.25) is 4.79 Å². The van der Waals surface area contributed by atoms with Gasteiger partial charge in [-0.2, -0.15) is 0 Å². The third-order valence-corrected chi connectivity index (χ3v) is 4.64. The minimum absolute atomic E-state index is 0.154. The van der Waals surface area contributed by atoms with Crippen molar-refractivity contribution in [1.29, 1.82) is 0 Å². The number of unbranched alkanes of at least 4 members (excludes halogenated alkanes) is 14. The lowest BCUT2D eigenvalue weighted by Crippen LogP contribution is -2.00. The summed E-state index contributed by atoms with van der Waals surface area (Å²) in [7, 11) is 0. The van der Waals surface area contributed by atoms with Gasteiger partial charge in [0.1, 0.15) is 0 Å². The highest BCUT2D eigenvalue weighted by Gasteiger charge is 1.95. The molecule has 0 saturated heterocycles. The first-order chi connectivity index (χ1) is 10.8. The normalized spacial score (nSPS) is 10.8. The second kappa shape index (κ2) is 19.0. The van der Waals surface area contributed by atoms with Gasteiger partial charge >= 0.3 is 5.97 Å². The molecule has 0 N–H and O–H groups in total. The number of hydrogen-bond acceptors (Lipinski definition) is 2. The van der Waals surface area contributed by atoms with Crippen molar-refractivity contribution in [3.63, 3.8) is 0 Å². The number of halogens is 1. The van der Waals surface area contributed by atoms with Crippen LogP contribution in [0.1, 0.15) is 103 Å². The third-order valence-electron chi connectivity index (χ3n) is 4.08. The topological polar surface area (TPSA) is 26.3 Å². The minimum atomic E-state index is -0.154. The Morgan fingerprint density at radius 2 is 0.955 bits per heavy atom. The number of ether oxygens (including phenoxy) is 1. The number of hydrogen-bond donors (Lipinski definition) is 0. The van der Waals surface area contributed by atoms with E-state index in [9.17, 15) is 4.79 Å². The molecule has 0 aliphatic rings. The Morgan fingerprint density at radius 3 is 1.27 bits per heavy atom. The molecule has 0 aromatic rings.